The average molecular weight is 347 g/mol. The van der Waals surface area contributed by atoms with Gasteiger partial charge in [-0.25, -0.2) is 0 Å². The molecule has 2 aromatic carbocycles. The Balaban J connectivity index is 2.27. The van der Waals surface area contributed by atoms with Crippen molar-refractivity contribution in [2.75, 3.05) is 0 Å². The number of hydrogen-bond donors (Lipinski definition) is 2. The van der Waals surface area contributed by atoms with Crippen LogP contribution in [0, 0.1) is 5.41 Å². The van der Waals surface area contributed by atoms with Gasteiger partial charge in [0.05, 0.1) is 5.56 Å². The fraction of sp³-hybridized carbons (Fsp3) is 0.235. The molecule has 3 N–H and O–H groups in total. The lowest BCUT2D eigenvalue weighted by molar-refractivity contribution is 0.480. The Bertz CT molecular complexity index is 638. The smallest absolute Gasteiger partial charge is 0.139 e. The highest BCUT2D eigenvalue weighted by Crippen LogP contribution is 2.31. The second-order valence-electron chi connectivity index (χ2n) is 5.01. The van der Waals surface area contributed by atoms with Crippen LogP contribution in [0.3, 0.4) is 0 Å². The van der Waals surface area contributed by atoms with Gasteiger partial charge in [-0.15, -0.1) is 0 Å². The van der Waals surface area contributed by atoms with Crippen molar-refractivity contribution in [3.63, 3.8) is 0 Å². The van der Waals surface area contributed by atoms with Crippen LogP contribution in [0.15, 0.2) is 46.9 Å². The number of benzene rings is 2. The van der Waals surface area contributed by atoms with Gasteiger partial charge in [0.2, 0.25) is 0 Å². The molecule has 2 aromatic rings. The zero-order chi connectivity index (χ0) is 15.4. The van der Waals surface area contributed by atoms with E-state index >= 15 is 0 Å². The first-order chi connectivity index (χ1) is 10.0. The molecule has 0 amide bonds. The summed E-state index contributed by atoms with van der Waals surface area (Å²) in [7, 11) is 0. The van der Waals surface area contributed by atoms with Crippen molar-refractivity contribution in [3.8, 4) is 11.5 Å². The summed E-state index contributed by atoms with van der Waals surface area (Å²) >= 11 is 3.40. The third-order valence-corrected chi connectivity index (χ3v) is 4.19. The van der Waals surface area contributed by atoms with E-state index in [2.05, 4.69) is 41.9 Å². The fourth-order valence-corrected chi connectivity index (χ4v) is 2.64. The van der Waals surface area contributed by atoms with Gasteiger partial charge < -0.3 is 10.5 Å². The van der Waals surface area contributed by atoms with E-state index in [1.807, 2.05) is 30.3 Å². The van der Waals surface area contributed by atoms with Gasteiger partial charge >= 0.3 is 0 Å². The van der Waals surface area contributed by atoms with E-state index < -0.39 is 0 Å². The van der Waals surface area contributed by atoms with Crippen LogP contribution < -0.4 is 10.5 Å². The Morgan fingerprint density at radius 2 is 1.90 bits per heavy atom. The van der Waals surface area contributed by atoms with Crippen molar-refractivity contribution in [1.29, 1.82) is 5.41 Å². The number of nitrogens with two attached hydrogens (primary N) is 1. The van der Waals surface area contributed by atoms with Crippen molar-refractivity contribution in [2.45, 2.75) is 26.2 Å². The summed E-state index contributed by atoms with van der Waals surface area (Å²) in [6, 6.07) is 13.6. The van der Waals surface area contributed by atoms with Crippen LogP contribution >= 0.6 is 15.9 Å². The number of amidine groups is 1. The van der Waals surface area contributed by atoms with Gasteiger partial charge in [0.1, 0.15) is 17.3 Å². The summed E-state index contributed by atoms with van der Waals surface area (Å²) in [5.41, 5.74) is 7.49. The van der Waals surface area contributed by atoms with E-state index in [1.54, 1.807) is 0 Å². The molecule has 1 unspecified atom stereocenters. The zero-order valence-corrected chi connectivity index (χ0v) is 13.8. The molecule has 0 aliphatic carbocycles. The summed E-state index contributed by atoms with van der Waals surface area (Å²) in [6.07, 6.45) is 1.11. The molecule has 0 aliphatic rings. The van der Waals surface area contributed by atoms with E-state index in [1.165, 1.54) is 5.56 Å². The van der Waals surface area contributed by atoms with Crippen molar-refractivity contribution < 1.29 is 4.74 Å². The molecule has 0 spiro atoms. The molecule has 0 aliphatic heterocycles. The largest absolute Gasteiger partial charge is 0.457 e. The molecule has 0 fully saturated rings. The number of hydrogen-bond acceptors (Lipinski definition) is 2. The van der Waals surface area contributed by atoms with E-state index in [4.69, 9.17) is 15.9 Å². The fourth-order valence-electron chi connectivity index (χ4n) is 2.08. The third kappa shape index (κ3) is 3.64. The Kier molecular flexibility index (Phi) is 5.02. The second-order valence-corrected chi connectivity index (χ2v) is 5.86. The van der Waals surface area contributed by atoms with Gasteiger partial charge in [-0.3, -0.25) is 5.41 Å². The molecular formula is C17H19BrN2O. The summed E-state index contributed by atoms with van der Waals surface area (Å²) in [4.78, 5) is 0. The molecule has 110 valence electrons. The Labute approximate surface area is 133 Å². The molecule has 0 aromatic heterocycles. The van der Waals surface area contributed by atoms with Gasteiger partial charge in [0, 0.05) is 4.47 Å². The number of halogens is 1. The quantitative estimate of drug-likeness (QED) is 0.588. The van der Waals surface area contributed by atoms with Gasteiger partial charge in [-0.1, -0.05) is 32.0 Å². The van der Waals surface area contributed by atoms with Crippen LogP contribution in [-0.4, -0.2) is 5.84 Å². The topological polar surface area (TPSA) is 59.1 Å². The van der Waals surface area contributed by atoms with Crippen LogP contribution in [0.25, 0.3) is 0 Å². The van der Waals surface area contributed by atoms with Crippen molar-refractivity contribution in [3.05, 3.63) is 58.1 Å². The van der Waals surface area contributed by atoms with Crippen LogP contribution in [0.5, 0.6) is 11.5 Å². The molecule has 21 heavy (non-hydrogen) atoms. The second kappa shape index (κ2) is 6.76. The highest BCUT2D eigenvalue weighted by molar-refractivity contribution is 9.10. The Hall–Kier alpha value is -1.81. The van der Waals surface area contributed by atoms with Crippen molar-refractivity contribution in [2.24, 2.45) is 5.73 Å². The minimum Gasteiger partial charge on any atom is -0.457 e. The Morgan fingerprint density at radius 1 is 1.24 bits per heavy atom. The molecule has 0 saturated heterocycles. The van der Waals surface area contributed by atoms with Gasteiger partial charge in [0.25, 0.3) is 0 Å². The molecule has 0 bridgehead atoms. The molecule has 0 saturated carbocycles. The highest BCUT2D eigenvalue weighted by atomic mass is 79.9. The molecule has 2 rings (SSSR count). The third-order valence-electron chi connectivity index (χ3n) is 3.53. The van der Waals surface area contributed by atoms with Gasteiger partial charge in [-0.2, -0.15) is 0 Å². The average Bonchev–Trinajstić information content (AvgIpc) is 2.47. The lowest BCUT2D eigenvalue weighted by Crippen LogP contribution is -2.13. The zero-order valence-electron chi connectivity index (χ0n) is 12.2. The molecular weight excluding hydrogens is 328 g/mol. The predicted molar refractivity (Wildman–Crippen MR) is 90.4 cm³/mol. The minimum absolute atomic E-state index is 0.0197. The first kappa shape index (κ1) is 15.6. The van der Waals surface area contributed by atoms with Crippen LogP contribution in [0.1, 0.15) is 37.3 Å². The van der Waals surface area contributed by atoms with Crippen molar-refractivity contribution >= 4 is 21.8 Å². The summed E-state index contributed by atoms with van der Waals surface area (Å²) in [6.45, 7) is 4.38. The van der Waals surface area contributed by atoms with E-state index in [0.29, 0.717) is 17.2 Å². The summed E-state index contributed by atoms with van der Waals surface area (Å²) in [5, 5.41) is 7.67. The minimum atomic E-state index is -0.0197. The molecule has 0 radical (unpaired) electrons. The van der Waals surface area contributed by atoms with E-state index in [-0.39, 0.29) is 5.84 Å². The highest BCUT2D eigenvalue weighted by Gasteiger charge is 2.12. The van der Waals surface area contributed by atoms with Gasteiger partial charge in [-0.05, 0) is 58.1 Å². The predicted octanol–water partition coefficient (Wildman–Crippen LogP) is 5.04. The van der Waals surface area contributed by atoms with Crippen molar-refractivity contribution in [1.82, 2.24) is 0 Å². The number of ether oxygens (including phenoxy) is 1. The lowest BCUT2D eigenvalue weighted by Gasteiger charge is -2.13. The Morgan fingerprint density at radius 3 is 2.48 bits per heavy atom. The first-order valence-corrected chi connectivity index (χ1v) is 7.73. The molecule has 3 nitrogen and oxygen atoms in total. The summed E-state index contributed by atoms with van der Waals surface area (Å²) in [5.74, 6) is 1.84. The maximum absolute atomic E-state index is 7.67. The SMILES string of the molecule is CCC(C)c1ccc(Oc2cccc(Br)c2C(=N)N)cc1. The molecule has 1 atom stereocenters. The maximum atomic E-state index is 7.67. The standard InChI is InChI=1S/C17H19BrN2O/c1-3-11(2)12-7-9-13(10-8-12)21-15-6-4-5-14(18)16(15)17(19)20/h4-11H,3H2,1-2H3,(H3,19,20). The molecule has 0 heterocycles. The normalized spacial score (nSPS) is 12.0. The van der Waals surface area contributed by atoms with E-state index in [0.717, 1.165) is 16.6 Å². The molecule has 4 heteroatoms. The number of rotatable bonds is 5. The van der Waals surface area contributed by atoms with E-state index in [9.17, 15) is 0 Å². The number of nitrogen functional groups attached to an aromatic ring is 1. The first-order valence-electron chi connectivity index (χ1n) is 6.93. The lowest BCUT2D eigenvalue weighted by atomic mass is 9.99. The van der Waals surface area contributed by atoms with Crippen LogP contribution in [0.2, 0.25) is 0 Å². The van der Waals surface area contributed by atoms with Gasteiger partial charge in [0.15, 0.2) is 0 Å². The summed E-state index contributed by atoms with van der Waals surface area (Å²) < 4.78 is 6.62. The van der Waals surface area contributed by atoms with Crippen LogP contribution in [-0.2, 0) is 0 Å². The van der Waals surface area contributed by atoms with Crippen LogP contribution in [0.4, 0.5) is 0 Å². The number of nitrogens with one attached hydrogen (secondary N) is 1. The maximum Gasteiger partial charge on any atom is 0.139 e. The monoisotopic (exact) mass is 346 g/mol.